The molecular weight excluding hydrogens is 295 g/mol. The van der Waals surface area contributed by atoms with Gasteiger partial charge in [-0.2, -0.15) is 4.31 Å². The van der Waals surface area contributed by atoms with Gasteiger partial charge in [-0.1, -0.05) is 13.8 Å². The van der Waals surface area contributed by atoms with Gasteiger partial charge in [0.1, 0.15) is 0 Å². The van der Waals surface area contributed by atoms with Gasteiger partial charge >= 0.3 is 0 Å². The summed E-state index contributed by atoms with van der Waals surface area (Å²) in [5, 5.41) is 0. The Morgan fingerprint density at radius 2 is 2.10 bits per heavy atom. The van der Waals surface area contributed by atoms with Crippen molar-refractivity contribution in [3.05, 3.63) is 24.0 Å². The highest BCUT2D eigenvalue weighted by molar-refractivity contribution is 7.89. The van der Waals surface area contributed by atoms with Crippen LogP contribution < -0.4 is 10.5 Å². The summed E-state index contributed by atoms with van der Waals surface area (Å²) in [7, 11) is -2.37. The van der Waals surface area contributed by atoms with Crippen molar-refractivity contribution in [1.82, 2.24) is 4.31 Å². The summed E-state index contributed by atoms with van der Waals surface area (Å²) >= 11 is 0. The molecule has 0 aromatic heterocycles. The largest absolute Gasteiger partial charge is 0.494 e. The van der Waals surface area contributed by atoms with E-state index in [2.05, 4.69) is 0 Å². The molecule has 1 aliphatic heterocycles. The first-order valence-electron chi connectivity index (χ1n) is 6.78. The molecule has 1 fully saturated rings. The van der Waals surface area contributed by atoms with Crippen LogP contribution in [0, 0.1) is 11.2 Å². The van der Waals surface area contributed by atoms with Crippen molar-refractivity contribution in [1.29, 1.82) is 0 Å². The predicted molar refractivity (Wildman–Crippen MR) is 78.1 cm³/mol. The summed E-state index contributed by atoms with van der Waals surface area (Å²) in [6, 6.07) is 3.54. The number of nitrogens with two attached hydrogens (primary N) is 1. The first-order chi connectivity index (χ1) is 9.68. The lowest BCUT2D eigenvalue weighted by atomic mass is 9.81. The van der Waals surface area contributed by atoms with E-state index in [9.17, 15) is 12.8 Å². The molecule has 0 saturated carbocycles. The fourth-order valence-electron chi connectivity index (χ4n) is 2.48. The number of methoxy groups -OCH3 is 1. The molecule has 2 rings (SSSR count). The van der Waals surface area contributed by atoms with Crippen molar-refractivity contribution >= 4 is 10.0 Å². The van der Waals surface area contributed by atoms with E-state index in [-0.39, 0.29) is 22.1 Å². The van der Waals surface area contributed by atoms with Crippen LogP contribution in [0.15, 0.2) is 23.1 Å². The van der Waals surface area contributed by atoms with Crippen LogP contribution in [-0.4, -0.2) is 39.0 Å². The number of rotatable bonds is 3. The van der Waals surface area contributed by atoms with Crippen LogP contribution >= 0.6 is 0 Å². The van der Waals surface area contributed by atoms with Crippen LogP contribution in [-0.2, 0) is 10.0 Å². The molecule has 1 aliphatic rings. The van der Waals surface area contributed by atoms with Gasteiger partial charge in [0.25, 0.3) is 0 Å². The van der Waals surface area contributed by atoms with Gasteiger partial charge in [-0.3, -0.25) is 0 Å². The smallest absolute Gasteiger partial charge is 0.243 e. The van der Waals surface area contributed by atoms with Gasteiger partial charge in [0, 0.05) is 25.2 Å². The molecule has 1 saturated heterocycles. The number of ether oxygens (including phenoxy) is 1. The highest BCUT2D eigenvalue weighted by Gasteiger charge is 2.38. The molecule has 7 heteroatoms. The van der Waals surface area contributed by atoms with Gasteiger partial charge in [0.2, 0.25) is 10.0 Å². The van der Waals surface area contributed by atoms with Crippen molar-refractivity contribution < 1.29 is 17.5 Å². The molecule has 21 heavy (non-hydrogen) atoms. The van der Waals surface area contributed by atoms with Crippen LogP contribution in [0.25, 0.3) is 0 Å². The molecule has 0 aliphatic carbocycles. The Kier molecular flexibility index (Phi) is 4.28. The zero-order valence-electron chi connectivity index (χ0n) is 12.5. The van der Waals surface area contributed by atoms with E-state index in [1.807, 2.05) is 13.8 Å². The Labute approximate surface area is 124 Å². The van der Waals surface area contributed by atoms with E-state index in [4.69, 9.17) is 10.5 Å². The van der Waals surface area contributed by atoms with Gasteiger partial charge in [-0.25, -0.2) is 12.8 Å². The number of benzene rings is 1. The first-order valence-corrected chi connectivity index (χ1v) is 8.22. The summed E-state index contributed by atoms with van der Waals surface area (Å²) in [6.07, 6.45) is 0.602. The quantitative estimate of drug-likeness (QED) is 0.919. The van der Waals surface area contributed by atoms with E-state index >= 15 is 0 Å². The number of piperidine rings is 1. The minimum absolute atomic E-state index is 0.0343. The predicted octanol–water partition coefficient (Wildman–Crippen LogP) is 1.58. The average Bonchev–Trinajstić information content (AvgIpc) is 2.42. The van der Waals surface area contributed by atoms with E-state index in [0.717, 1.165) is 6.07 Å². The molecule has 5 nitrogen and oxygen atoms in total. The number of sulfonamides is 1. The van der Waals surface area contributed by atoms with Crippen molar-refractivity contribution in [3.63, 3.8) is 0 Å². The number of halogens is 1. The second-order valence-corrected chi connectivity index (χ2v) is 7.96. The molecule has 2 N–H and O–H groups in total. The Bertz CT molecular complexity index is 631. The molecule has 1 unspecified atom stereocenters. The van der Waals surface area contributed by atoms with Gasteiger partial charge in [-0.15, -0.1) is 0 Å². The molecule has 0 bridgehead atoms. The third-order valence-electron chi connectivity index (χ3n) is 4.04. The maximum Gasteiger partial charge on any atom is 0.243 e. The Balaban J connectivity index is 2.34. The van der Waals surface area contributed by atoms with Crippen LogP contribution in [0.5, 0.6) is 5.75 Å². The van der Waals surface area contributed by atoms with Crippen LogP contribution in [0.3, 0.4) is 0 Å². The highest BCUT2D eigenvalue weighted by atomic mass is 32.2. The molecule has 1 aromatic rings. The monoisotopic (exact) mass is 316 g/mol. The zero-order valence-corrected chi connectivity index (χ0v) is 13.3. The Morgan fingerprint density at radius 1 is 1.43 bits per heavy atom. The van der Waals surface area contributed by atoms with Crippen molar-refractivity contribution in [2.45, 2.75) is 31.2 Å². The number of nitrogens with zero attached hydrogens (tertiary/aromatic N) is 1. The maximum absolute atomic E-state index is 13.4. The summed E-state index contributed by atoms with van der Waals surface area (Å²) in [5.74, 6) is -0.665. The molecule has 1 aromatic carbocycles. The van der Waals surface area contributed by atoms with Crippen LogP contribution in [0.2, 0.25) is 0 Å². The van der Waals surface area contributed by atoms with Crippen molar-refractivity contribution in [2.24, 2.45) is 11.1 Å². The number of hydrogen-bond donors (Lipinski definition) is 1. The topological polar surface area (TPSA) is 72.6 Å². The van der Waals surface area contributed by atoms with E-state index in [1.54, 1.807) is 0 Å². The molecule has 1 atom stereocenters. The molecule has 1 heterocycles. The van der Waals surface area contributed by atoms with Gasteiger partial charge in [0.05, 0.1) is 12.0 Å². The third-order valence-corrected chi connectivity index (χ3v) is 5.88. The fourth-order valence-corrected chi connectivity index (χ4v) is 4.12. The lowest BCUT2D eigenvalue weighted by Gasteiger charge is -2.41. The van der Waals surface area contributed by atoms with Gasteiger partial charge in [0.15, 0.2) is 11.6 Å². The van der Waals surface area contributed by atoms with Crippen molar-refractivity contribution in [3.8, 4) is 5.75 Å². The highest BCUT2D eigenvalue weighted by Crippen LogP contribution is 2.32. The summed E-state index contributed by atoms with van der Waals surface area (Å²) in [4.78, 5) is 0.0343. The SMILES string of the molecule is COc1cc(S(=O)(=O)N2CCC(N)C(C)(C)C2)ccc1F. The lowest BCUT2D eigenvalue weighted by Crippen LogP contribution is -2.53. The molecule has 0 amide bonds. The summed E-state index contributed by atoms with van der Waals surface area (Å²) in [5.41, 5.74) is 5.73. The number of hydrogen-bond acceptors (Lipinski definition) is 4. The van der Waals surface area contributed by atoms with Crippen molar-refractivity contribution in [2.75, 3.05) is 20.2 Å². The zero-order chi connectivity index (χ0) is 15.8. The Hall–Kier alpha value is -1.18. The van der Waals surface area contributed by atoms with Gasteiger partial charge < -0.3 is 10.5 Å². The molecular formula is C14H21FN2O3S. The first kappa shape index (κ1) is 16.2. The second kappa shape index (κ2) is 5.55. The Morgan fingerprint density at radius 3 is 2.67 bits per heavy atom. The maximum atomic E-state index is 13.4. The van der Waals surface area contributed by atoms with E-state index < -0.39 is 15.8 Å². The minimum Gasteiger partial charge on any atom is -0.494 e. The normalized spacial score (nSPS) is 23.0. The molecule has 0 spiro atoms. The standard InChI is InChI=1S/C14H21FN2O3S/c1-14(2)9-17(7-6-13(14)16)21(18,19)10-4-5-11(15)12(8-10)20-3/h4-5,8,13H,6-7,9,16H2,1-3H3. The van der Waals surface area contributed by atoms with E-state index in [1.165, 1.54) is 23.5 Å². The minimum atomic E-state index is -3.67. The third kappa shape index (κ3) is 3.04. The average molecular weight is 316 g/mol. The summed E-state index contributed by atoms with van der Waals surface area (Å²) in [6.45, 7) is 4.61. The molecule has 0 radical (unpaired) electrons. The van der Waals surface area contributed by atoms with Crippen LogP contribution in [0.1, 0.15) is 20.3 Å². The molecule has 118 valence electrons. The summed E-state index contributed by atoms with van der Waals surface area (Å²) < 4.78 is 45.0. The second-order valence-electron chi connectivity index (χ2n) is 6.02. The lowest BCUT2D eigenvalue weighted by molar-refractivity contribution is 0.155. The van der Waals surface area contributed by atoms with Crippen LogP contribution in [0.4, 0.5) is 4.39 Å². The van der Waals surface area contributed by atoms with E-state index in [0.29, 0.717) is 19.5 Å². The van der Waals surface area contributed by atoms with Gasteiger partial charge in [-0.05, 0) is 24.0 Å². The fraction of sp³-hybridized carbons (Fsp3) is 0.571.